The Morgan fingerprint density at radius 2 is 1.62 bits per heavy atom. The maximum Gasteiger partial charge on any atom is 0.247 e. The number of nitrogens with one attached hydrogen (secondary N) is 1. The highest BCUT2D eigenvalue weighted by Gasteiger charge is 2.20. The highest BCUT2D eigenvalue weighted by Crippen LogP contribution is 2.19. The Kier molecular flexibility index (Phi) is 8.87. The number of carbonyl (C=O) groups is 2. The van der Waals surface area contributed by atoms with E-state index in [9.17, 15) is 14.0 Å². The monoisotopic (exact) mass is 497 g/mol. The Morgan fingerprint density at radius 1 is 0.892 bits per heavy atom. The molecule has 1 aromatic heterocycles. The summed E-state index contributed by atoms with van der Waals surface area (Å²) in [7, 11) is 0. The van der Waals surface area contributed by atoms with Crippen molar-refractivity contribution in [3.8, 4) is 0 Å². The number of hydrogen-bond acceptors (Lipinski definition) is 2. The normalized spacial score (nSPS) is 11.2. The van der Waals surface area contributed by atoms with E-state index in [1.165, 1.54) is 18.2 Å². The second-order valence-electron chi connectivity index (χ2n) is 9.06. The van der Waals surface area contributed by atoms with Gasteiger partial charge < -0.3 is 14.8 Å². The summed E-state index contributed by atoms with van der Waals surface area (Å²) in [5.41, 5.74) is 3.94. The topological polar surface area (TPSA) is 56.4 Å². The first-order chi connectivity index (χ1) is 18.0. The van der Waals surface area contributed by atoms with Gasteiger partial charge in [-0.2, -0.15) is 0 Å². The van der Waals surface area contributed by atoms with E-state index >= 15 is 0 Å². The molecule has 4 aromatic rings. The summed E-state index contributed by atoms with van der Waals surface area (Å²) in [5, 5.41) is 1.13. The van der Waals surface area contributed by atoms with Gasteiger partial charge in [-0.05, 0) is 53.8 Å². The van der Waals surface area contributed by atoms with Crippen LogP contribution in [0.3, 0.4) is 0 Å². The van der Waals surface area contributed by atoms with E-state index < -0.39 is 0 Å². The molecule has 0 saturated carbocycles. The average Bonchev–Trinajstić information content (AvgIpc) is 3.34. The summed E-state index contributed by atoms with van der Waals surface area (Å²) in [5.74, 6) is -0.651. The lowest BCUT2D eigenvalue weighted by atomic mass is 10.1. The van der Waals surface area contributed by atoms with E-state index in [0.29, 0.717) is 26.1 Å². The number of fused-ring (bicyclic) bond motifs is 1. The van der Waals surface area contributed by atoms with Crippen molar-refractivity contribution in [1.82, 2.24) is 14.8 Å². The molecule has 0 unspecified atom stereocenters. The van der Waals surface area contributed by atoms with Crippen molar-refractivity contribution < 1.29 is 14.0 Å². The highest BCUT2D eigenvalue weighted by molar-refractivity contribution is 5.94. The fourth-order valence-electron chi connectivity index (χ4n) is 4.33. The van der Waals surface area contributed by atoms with Crippen LogP contribution in [-0.4, -0.2) is 46.2 Å². The molecule has 5 nitrogen and oxygen atoms in total. The van der Waals surface area contributed by atoms with Gasteiger partial charge in [-0.15, -0.1) is 0 Å². The van der Waals surface area contributed by atoms with Crippen LogP contribution in [0.5, 0.6) is 0 Å². The number of aromatic amines is 1. The molecule has 6 heteroatoms. The maximum atomic E-state index is 13.5. The number of halogens is 1. The molecule has 190 valence electrons. The van der Waals surface area contributed by atoms with Crippen molar-refractivity contribution in [1.29, 1.82) is 0 Å². The van der Waals surface area contributed by atoms with E-state index in [0.717, 1.165) is 34.0 Å². The van der Waals surface area contributed by atoms with Crippen LogP contribution < -0.4 is 0 Å². The predicted molar refractivity (Wildman–Crippen MR) is 146 cm³/mol. The van der Waals surface area contributed by atoms with Gasteiger partial charge in [-0.3, -0.25) is 9.59 Å². The molecule has 4 rings (SSSR count). The Balaban J connectivity index is 1.49. The summed E-state index contributed by atoms with van der Waals surface area (Å²) < 4.78 is 13.5. The maximum absolute atomic E-state index is 13.5. The fraction of sp³-hybridized carbons (Fsp3) is 0.226. The van der Waals surface area contributed by atoms with Gasteiger partial charge in [0.15, 0.2) is 0 Å². The molecule has 37 heavy (non-hydrogen) atoms. The standard InChI is InChI=1S/C31H32FN3O2/c1-2-19-34(30(36)17-14-24-8-4-3-5-9-24)23-31(37)35(22-25-12-15-27(32)16-13-25)20-18-26-21-33-29-11-7-6-10-28(26)29/h3-17,21,33H,2,18-20,22-23H2,1H3. The van der Waals surface area contributed by atoms with Crippen molar-refractivity contribution in [3.05, 3.63) is 114 Å². The smallest absolute Gasteiger partial charge is 0.247 e. The number of carbonyl (C=O) groups excluding carboxylic acids is 2. The summed E-state index contributed by atoms with van der Waals surface area (Å²) in [6.07, 6.45) is 6.67. The molecule has 0 saturated heterocycles. The molecule has 0 fully saturated rings. The number of nitrogens with zero attached hydrogens (tertiary/aromatic N) is 2. The summed E-state index contributed by atoms with van der Waals surface area (Å²) >= 11 is 0. The van der Waals surface area contributed by atoms with Crippen LogP contribution in [0.4, 0.5) is 4.39 Å². The van der Waals surface area contributed by atoms with Gasteiger partial charge in [0.25, 0.3) is 0 Å². The molecular formula is C31H32FN3O2. The minimum atomic E-state index is -0.315. The molecule has 0 atom stereocenters. The quantitative estimate of drug-likeness (QED) is 0.265. The lowest BCUT2D eigenvalue weighted by Crippen LogP contribution is -2.43. The minimum Gasteiger partial charge on any atom is -0.361 e. The summed E-state index contributed by atoms with van der Waals surface area (Å²) in [6.45, 7) is 3.28. The van der Waals surface area contributed by atoms with Crippen molar-refractivity contribution >= 4 is 28.8 Å². The Labute approximate surface area is 217 Å². The number of benzene rings is 3. The van der Waals surface area contributed by atoms with Crippen LogP contribution in [0.1, 0.15) is 30.0 Å². The molecule has 1 N–H and O–H groups in total. The van der Waals surface area contributed by atoms with Gasteiger partial charge in [0.2, 0.25) is 11.8 Å². The molecule has 0 bridgehead atoms. The van der Waals surface area contributed by atoms with E-state index in [4.69, 9.17) is 0 Å². The van der Waals surface area contributed by atoms with Gasteiger partial charge in [-0.25, -0.2) is 4.39 Å². The lowest BCUT2D eigenvalue weighted by Gasteiger charge is -2.27. The van der Waals surface area contributed by atoms with Gasteiger partial charge >= 0.3 is 0 Å². The minimum absolute atomic E-state index is 0.0130. The third-order valence-electron chi connectivity index (χ3n) is 6.31. The largest absolute Gasteiger partial charge is 0.361 e. The molecule has 0 aliphatic heterocycles. The zero-order valence-electron chi connectivity index (χ0n) is 21.1. The molecule has 0 aliphatic rings. The fourth-order valence-corrected chi connectivity index (χ4v) is 4.33. The molecular weight excluding hydrogens is 465 g/mol. The third kappa shape index (κ3) is 7.17. The highest BCUT2D eigenvalue weighted by atomic mass is 19.1. The first-order valence-corrected chi connectivity index (χ1v) is 12.6. The second kappa shape index (κ2) is 12.7. The number of amides is 2. The Hall–Kier alpha value is -4.19. The molecule has 3 aromatic carbocycles. The van der Waals surface area contributed by atoms with Gasteiger partial charge in [0, 0.05) is 42.8 Å². The number of H-pyrrole nitrogens is 1. The van der Waals surface area contributed by atoms with Gasteiger partial charge in [0.1, 0.15) is 12.4 Å². The number of hydrogen-bond donors (Lipinski definition) is 1. The zero-order chi connectivity index (χ0) is 26.0. The lowest BCUT2D eigenvalue weighted by molar-refractivity contribution is -0.138. The van der Waals surface area contributed by atoms with Gasteiger partial charge in [0.05, 0.1) is 0 Å². The van der Waals surface area contributed by atoms with E-state index in [-0.39, 0.29) is 24.2 Å². The number of para-hydroxylation sites is 1. The third-order valence-corrected chi connectivity index (χ3v) is 6.31. The summed E-state index contributed by atoms with van der Waals surface area (Å²) in [6, 6.07) is 23.9. The van der Waals surface area contributed by atoms with Crippen LogP contribution >= 0.6 is 0 Å². The molecule has 0 radical (unpaired) electrons. The van der Waals surface area contributed by atoms with E-state index in [1.807, 2.05) is 61.7 Å². The van der Waals surface area contributed by atoms with Crippen LogP contribution in [-0.2, 0) is 22.6 Å². The van der Waals surface area contributed by atoms with E-state index in [2.05, 4.69) is 11.1 Å². The molecule has 1 heterocycles. The second-order valence-corrected chi connectivity index (χ2v) is 9.06. The summed E-state index contributed by atoms with van der Waals surface area (Å²) in [4.78, 5) is 33.1. The van der Waals surface area contributed by atoms with Crippen LogP contribution in [0.25, 0.3) is 17.0 Å². The number of aromatic nitrogens is 1. The molecule has 0 aliphatic carbocycles. The average molecular weight is 498 g/mol. The SMILES string of the molecule is CCCN(CC(=O)N(CCc1c[nH]c2ccccc12)Cc1ccc(F)cc1)C(=O)C=Cc1ccccc1. The first kappa shape index (κ1) is 25.9. The van der Waals surface area contributed by atoms with Crippen molar-refractivity contribution in [2.45, 2.75) is 26.3 Å². The van der Waals surface area contributed by atoms with Crippen LogP contribution in [0.2, 0.25) is 0 Å². The molecule has 0 spiro atoms. The van der Waals surface area contributed by atoms with Crippen molar-refractivity contribution in [2.75, 3.05) is 19.6 Å². The van der Waals surface area contributed by atoms with Gasteiger partial charge in [-0.1, -0.05) is 67.6 Å². The van der Waals surface area contributed by atoms with Crippen molar-refractivity contribution in [3.63, 3.8) is 0 Å². The van der Waals surface area contributed by atoms with E-state index in [1.54, 1.807) is 28.0 Å². The first-order valence-electron chi connectivity index (χ1n) is 12.6. The molecule has 2 amide bonds. The Bertz CT molecular complexity index is 1350. The van der Waals surface area contributed by atoms with Crippen molar-refractivity contribution in [2.24, 2.45) is 0 Å². The van der Waals surface area contributed by atoms with Crippen LogP contribution in [0, 0.1) is 5.82 Å². The zero-order valence-corrected chi connectivity index (χ0v) is 21.1. The Morgan fingerprint density at radius 3 is 2.38 bits per heavy atom. The van der Waals surface area contributed by atoms with Crippen LogP contribution in [0.15, 0.2) is 91.1 Å². The number of rotatable bonds is 11. The predicted octanol–water partition coefficient (Wildman–Crippen LogP) is 5.83.